The Balaban J connectivity index is 1.97. The molecule has 0 aromatic heterocycles. The van der Waals surface area contributed by atoms with Crippen LogP contribution in [0.2, 0.25) is 5.02 Å². The average molecular weight is 637 g/mol. The number of methoxy groups -OCH3 is 1. The molecule has 0 radical (unpaired) electrons. The van der Waals surface area contributed by atoms with Crippen LogP contribution >= 0.6 is 39.5 Å². The molecule has 0 fully saturated rings. The van der Waals surface area contributed by atoms with Gasteiger partial charge in [-0.2, -0.15) is 18.3 Å². The Bertz CT molecular complexity index is 1260. The van der Waals surface area contributed by atoms with Crippen LogP contribution in [0.15, 0.2) is 52.0 Å². The predicted molar refractivity (Wildman–Crippen MR) is 141 cm³/mol. The van der Waals surface area contributed by atoms with Gasteiger partial charge in [0.15, 0.2) is 0 Å². The van der Waals surface area contributed by atoms with Gasteiger partial charge in [0.1, 0.15) is 12.0 Å². The second kappa shape index (κ2) is 12.0. The van der Waals surface area contributed by atoms with Gasteiger partial charge in [-0.3, -0.25) is 14.6 Å². The maximum Gasteiger partial charge on any atom is 0.417 e. The molecule has 0 N–H and O–H groups in total. The number of hydrogen-bond donors (Lipinski definition) is 0. The topological polar surface area (TPSA) is 88.5 Å². The zero-order valence-electron chi connectivity index (χ0n) is 20.3. The highest BCUT2D eigenvalue weighted by Crippen LogP contribution is 2.38. The van der Waals surface area contributed by atoms with Crippen molar-refractivity contribution in [2.45, 2.75) is 20.0 Å². The average Bonchev–Trinajstić information content (AvgIpc) is 3.19. The molecular weight excluding hydrogens is 615 g/mol. The van der Waals surface area contributed by atoms with E-state index >= 15 is 0 Å². The van der Waals surface area contributed by atoms with Crippen LogP contribution in [-0.4, -0.2) is 54.7 Å². The molecule has 14 heteroatoms. The number of benzene rings is 2. The third-order valence-electron chi connectivity index (χ3n) is 5.47. The van der Waals surface area contributed by atoms with Crippen LogP contribution in [0.5, 0.6) is 0 Å². The van der Waals surface area contributed by atoms with E-state index in [1.54, 1.807) is 31.2 Å². The van der Waals surface area contributed by atoms with Crippen molar-refractivity contribution in [1.82, 2.24) is 5.01 Å². The van der Waals surface area contributed by atoms with E-state index < -0.39 is 39.4 Å². The number of esters is 1. The predicted octanol–water partition coefficient (Wildman–Crippen LogP) is 6.16. The zero-order chi connectivity index (χ0) is 28.3. The molecular formula is C24H22BrClF3N3O5S. The van der Waals surface area contributed by atoms with Gasteiger partial charge in [-0.15, -0.1) is 0 Å². The summed E-state index contributed by atoms with van der Waals surface area (Å²) in [5, 5.41) is 4.41. The van der Waals surface area contributed by atoms with Gasteiger partial charge in [0.05, 0.1) is 54.2 Å². The van der Waals surface area contributed by atoms with E-state index in [0.29, 0.717) is 17.6 Å². The molecule has 204 valence electrons. The van der Waals surface area contributed by atoms with Gasteiger partial charge in [-0.25, -0.2) is 9.10 Å². The molecule has 1 atom stereocenters. The number of halogens is 5. The quantitative estimate of drug-likeness (QED) is 0.277. The lowest BCUT2D eigenvalue weighted by Gasteiger charge is -2.26. The molecule has 0 saturated heterocycles. The Kier molecular flexibility index (Phi) is 9.37. The number of carbonyl (C=O) groups is 3. The van der Waals surface area contributed by atoms with Crippen LogP contribution in [0, 0.1) is 5.41 Å². The Hall–Kier alpha value is -2.77. The smallest absolute Gasteiger partial charge is 0.417 e. The van der Waals surface area contributed by atoms with E-state index in [2.05, 4.69) is 25.8 Å². The summed E-state index contributed by atoms with van der Waals surface area (Å²) in [7, 11) is 1.18. The maximum absolute atomic E-state index is 13.3. The summed E-state index contributed by atoms with van der Waals surface area (Å²) in [6.45, 7) is 2.72. The molecule has 2 aromatic carbocycles. The van der Waals surface area contributed by atoms with Crippen LogP contribution in [0.1, 0.15) is 25.0 Å². The standard InChI is InChI=1S/C24H22BrClF3N3O5S/c1-4-37-21(34)23(2)13-31(30-20(23)14-5-10-17(18(26)11-14)24(27,28)29)12-19(33)32(38-22(35)36-3)16-8-6-15(25)7-9-16/h5-11H,4,12-13H2,1-3H3. The van der Waals surface area contributed by atoms with Crippen molar-refractivity contribution in [1.29, 1.82) is 0 Å². The highest BCUT2D eigenvalue weighted by Gasteiger charge is 2.48. The number of ether oxygens (including phenoxy) is 2. The Morgan fingerprint density at radius 3 is 2.42 bits per heavy atom. The fraction of sp³-hybridized carbons (Fsp3) is 0.333. The highest BCUT2D eigenvalue weighted by molar-refractivity contribution is 9.10. The fourth-order valence-corrected chi connectivity index (χ4v) is 4.86. The molecule has 1 heterocycles. The molecule has 0 bridgehead atoms. The molecule has 8 nitrogen and oxygen atoms in total. The van der Waals surface area contributed by atoms with Crippen molar-refractivity contribution in [2.75, 3.05) is 31.1 Å². The Labute approximate surface area is 234 Å². The molecule has 1 aliphatic rings. The molecule has 0 saturated carbocycles. The number of hydrazone groups is 1. The van der Waals surface area contributed by atoms with E-state index in [9.17, 15) is 27.6 Å². The largest absolute Gasteiger partial charge is 0.465 e. The van der Waals surface area contributed by atoms with Crippen LogP contribution < -0.4 is 4.31 Å². The van der Waals surface area contributed by atoms with Crippen LogP contribution in [-0.2, 0) is 25.2 Å². The summed E-state index contributed by atoms with van der Waals surface area (Å²) in [4.78, 5) is 38.2. The first kappa shape index (κ1) is 29.8. The number of amides is 1. The highest BCUT2D eigenvalue weighted by atomic mass is 79.9. The van der Waals surface area contributed by atoms with Gasteiger partial charge in [0.2, 0.25) is 0 Å². The Morgan fingerprint density at radius 1 is 1.21 bits per heavy atom. The number of hydrogen-bond acceptors (Lipinski definition) is 8. The summed E-state index contributed by atoms with van der Waals surface area (Å²) in [6.07, 6.45) is -4.66. The first-order valence-electron chi connectivity index (χ1n) is 11.0. The van der Waals surface area contributed by atoms with Crippen molar-refractivity contribution in [3.63, 3.8) is 0 Å². The minimum Gasteiger partial charge on any atom is -0.465 e. The van der Waals surface area contributed by atoms with E-state index in [-0.39, 0.29) is 31.0 Å². The molecule has 0 aliphatic carbocycles. The summed E-state index contributed by atoms with van der Waals surface area (Å²) in [5.41, 5.74) is -1.80. The number of rotatable bonds is 6. The van der Waals surface area contributed by atoms with Crippen molar-refractivity contribution in [3.8, 4) is 0 Å². The van der Waals surface area contributed by atoms with E-state index in [1.807, 2.05) is 0 Å². The first-order valence-corrected chi connectivity index (χ1v) is 13.0. The van der Waals surface area contributed by atoms with Gasteiger partial charge in [-0.1, -0.05) is 33.6 Å². The number of anilines is 1. The lowest BCUT2D eigenvalue weighted by molar-refractivity contribution is -0.150. The second-order valence-electron chi connectivity index (χ2n) is 8.23. The molecule has 1 aliphatic heterocycles. The van der Waals surface area contributed by atoms with Crippen molar-refractivity contribution < 1.29 is 37.0 Å². The molecule has 3 rings (SSSR count). The SMILES string of the molecule is CCOC(=O)C1(C)CN(CC(=O)N(SC(=O)OC)c2ccc(Br)cc2)N=C1c1ccc(C(F)(F)F)c(Cl)c1. The second-order valence-corrected chi connectivity index (χ2v) is 10.4. The number of nitrogens with zero attached hydrogens (tertiary/aromatic N) is 3. The lowest BCUT2D eigenvalue weighted by atomic mass is 9.82. The Morgan fingerprint density at radius 2 is 1.87 bits per heavy atom. The van der Waals surface area contributed by atoms with Crippen LogP contribution in [0.4, 0.5) is 23.7 Å². The minimum absolute atomic E-state index is 0.0571. The summed E-state index contributed by atoms with van der Waals surface area (Å²) < 4.78 is 51.4. The lowest BCUT2D eigenvalue weighted by Crippen LogP contribution is -2.42. The minimum atomic E-state index is -4.66. The number of alkyl halides is 3. The third kappa shape index (κ3) is 6.62. The third-order valence-corrected chi connectivity index (χ3v) is 7.23. The van der Waals surface area contributed by atoms with E-state index in [4.69, 9.17) is 16.3 Å². The molecule has 1 unspecified atom stereocenters. The molecule has 1 amide bonds. The first-order chi connectivity index (χ1) is 17.8. The normalized spacial score (nSPS) is 17.2. The fourth-order valence-electron chi connectivity index (χ4n) is 3.69. The van der Waals surface area contributed by atoms with Gasteiger partial charge < -0.3 is 9.47 Å². The van der Waals surface area contributed by atoms with Gasteiger partial charge in [0.25, 0.3) is 5.91 Å². The van der Waals surface area contributed by atoms with Gasteiger partial charge in [0, 0.05) is 10.0 Å². The van der Waals surface area contributed by atoms with Gasteiger partial charge >= 0.3 is 17.4 Å². The van der Waals surface area contributed by atoms with Crippen molar-refractivity contribution in [2.24, 2.45) is 10.5 Å². The summed E-state index contributed by atoms with van der Waals surface area (Å²) in [6, 6.07) is 9.65. The monoisotopic (exact) mass is 635 g/mol. The van der Waals surface area contributed by atoms with E-state index in [0.717, 1.165) is 27.0 Å². The van der Waals surface area contributed by atoms with Crippen molar-refractivity contribution >= 4 is 68.1 Å². The van der Waals surface area contributed by atoms with Crippen LogP contribution in [0.3, 0.4) is 0 Å². The maximum atomic E-state index is 13.3. The van der Waals surface area contributed by atoms with Crippen LogP contribution in [0.25, 0.3) is 0 Å². The summed E-state index contributed by atoms with van der Waals surface area (Å²) >= 11 is 9.75. The molecule has 2 aromatic rings. The van der Waals surface area contributed by atoms with Gasteiger partial charge in [-0.05, 0) is 50.2 Å². The molecule has 38 heavy (non-hydrogen) atoms. The van der Waals surface area contributed by atoms with Crippen molar-refractivity contribution in [3.05, 3.63) is 63.1 Å². The molecule has 0 spiro atoms. The zero-order valence-corrected chi connectivity index (χ0v) is 23.5. The van der Waals surface area contributed by atoms with E-state index in [1.165, 1.54) is 19.0 Å². The number of carbonyl (C=O) groups excluding carboxylic acids is 3. The summed E-state index contributed by atoms with van der Waals surface area (Å²) in [5.74, 6) is -1.23.